The molecule has 6 nitrogen and oxygen atoms in total. The Morgan fingerprint density at radius 2 is 1.83 bits per heavy atom. The van der Waals surface area contributed by atoms with E-state index in [0.29, 0.717) is 17.3 Å². The second kappa shape index (κ2) is 13.3. The van der Waals surface area contributed by atoms with Gasteiger partial charge in [-0.05, 0) is 51.8 Å². The zero-order chi connectivity index (χ0) is 23.2. The number of benzene rings is 2. The molecule has 2 heterocycles. The molecule has 0 radical (unpaired) electrons. The Hall–Kier alpha value is -2.78. The number of esters is 1. The summed E-state index contributed by atoms with van der Waals surface area (Å²) in [4.78, 5) is 21.5. The number of fused-ring (bicyclic) bond motifs is 1. The first-order valence-electron chi connectivity index (χ1n) is 10.3. The molecule has 10 heteroatoms. The molecule has 0 amide bonds. The molecule has 2 N–H and O–H groups in total. The molecule has 4 rings (SSSR count). The van der Waals surface area contributed by atoms with Gasteiger partial charge in [-0.1, -0.05) is 36.4 Å². The van der Waals surface area contributed by atoms with E-state index in [-0.39, 0.29) is 55.4 Å². The van der Waals surface area contributed by atoms with E-state index < -0.39 is 11.8 Å². The summed E-state index contributed by atoms with van der Waals surface area (Å²) in [7, 11) is 0. The Morgan fingerprint density at radius 1 is 1.06 bits per heavy atom. The number of rotatable bonds is 8. The van der Waals surface area contributed by atoms with Crippen molar-refractivity contribution in [2.45, 2.75) is 19.1 Å². The van der Waals surface area contributed by atoms with E-state index in [4.69, 9.17) is 15.2 Å². The summed E-state index contributed by atoms with van der Waals surface area (Å²) in [5.41, 5.74) is 8.45. The van der Waals surface area contributed by atoms with Gasteiger partial charge in [-0.25, -0.2) is 14.2 Å². The van der Waals surface area contributed by atoms with E-state index in [1.165, 1.54) is 6.07 Å². The van der Waals surface area contributed by atoms with Crippen LogP contribution >= 0.6 is 40.7 Å². The van der Waals surface area contributed by atoms with E-state index >= 15 is 0 Å². The summed E-state index contributed by atoms with van der Waals surface area (Å²) in [6.45, 7) is 0.202. The SMILES string of the molecule is Cl.Cl.N[C@@H](COc1ccc2ncc(F)cc2c1C(=O)OCc1ccccc1)Cc1cccc(Br)n1. The minimum atomic E-state index is -0.630. The summed E-state index contributed by atoms with van der Waals surface area (Å²) in [5.74, 6) is -0.936. The van der Waals surface area contributed by atoms with E-state index in [1.54, 1.807) is 12.1 Å². The Morgan fingerprint density at radius 3 is 2.57 bits per heavy atom. The lowest BCUT2D eigenvalue weighted by atomic mass is 10.1. The predicted molar refractivity (Wildman–Crippen MR) is 141 cm³/mol. The van der Waals surface area contributed by atoms with Gasteiger partial charge in [0.2, 0.25) is 0 Å². The molecule has 0 unspecified atom stereocenters. The first-order valence-corrected chi connectivity index (χ1v) is 11.1. The average Bonchev–Trinajstić information content (AvgIpc) is 2.81. The molecule has 0 aliphatic heterocycles. The number of nitrogens with two attached hydrogens (primary N) is 1. The number of nitrogens with zero attached hydrogens (tertiary/aromatic N) is 2. The number of pyridine rings is 2. The molecule has 0 saturated carbocycles. The van der Waals surface area contributed by atoms with Gasteiger partial charge >= 0.3 is 5.97 Å². The maximum absolute atomic E-state index is 14.0. The molecule has 0 aliphatic carbocycles. The highest BCUT2D eigenvalue weighted by atomic mass is 79.9. The molecule has 4 aromatic rings. The minimum absolute atomic E-state index is 0. The number of carbonyl (C=O) groups excluding carboxylic acids is 1. The summed E-state index contributed by atoms with van der Waals surface area (Å²) in [6, 6.07) is 19.1. The summed E-state index contributed by atoms with van der Waals surface area (Å²) in [6.07, 6.45) is 1.58. The van der Waals surface area contributed by atoms with Crippen molar-refractivity contribution < 1.29 is 18.7 Å². The number of aromatic nitrogens is 2. The first kappa shape index (κ1) is 28.5. The van der Waals surface area contributed by atoms with Crippen molar-refractivity contribution >= 4 is 57.6 Å². The lowest BCUT2D eigenvalue weighted by Crippen LogP contribution is -2.30. The zero-order valence-corrected chi connectivity index (χ0v) is 21.6. The van der Waals surface area contributed by atoms with Crippen molar-refractivity contribution in [2.24, 2.45) is 5.73 Å². The quantitative estimate of drug-likeness (QED) is 0.212. The molecule has 0 saturated heterocycles. The fourth-order valence-corrected chi connectivity index (χ4v) is 3.75. The molecule has 0 bridgehead atoms. The van der Waals surface area contributed by atoms with Crippen LogP contribution in [0.2, 0.25) is 0 Å². The highest BCUT2D eigenvalue weighted by Crippen LogP contribution is 2.29. The van der Waals surface area contributed by atoms with Gasteiger partial charge in [0.15, 0.2) is 0 Å². The zero-order valence-electron chi connectivity index (χ0n) is 18.4. The largest absolute Gasteiger partial charge is 0.491 e. The molecular weight excluding hydrogens is 560 g/mol. The maximum Gasteiger partial charge on any atom is 0.342 e. The lowest BCUT2D eigenvalue weighted by molar-refractivity contribution is 0.0470. The van der Waals surface area contributed by atoms with Crippen LogP contribution in [0.25, 0.3) is 10.9 Å². The number of carbonyl (C=O) groups is 1. The summed E-state index contributed by atoms with van der Waals surface area (Å²) < 4.78 is 26.1. The third-order valence-corrected chi connectivity index (χ3v) is 5.35. The van der Waals surface area contributed by atoms with Gasteiger partial charge in [-0.3, -0.25) is 4.98 Å². The van der Waals surface area contributed by atoms with Gasteiger partial charge in [-0.2, -0.15) is 0 Å². The van der Waals surface area contributed by atoms with Crippen LogP contribution in [0.5, 0.6) is 5.75 Å². The summed E-state index contributed by atoms with van der Waals surface area (Å²) >= 11 is 3.34. The van der Waals surface area contributed by atoms with Crippen LogP contribution in [0.15, 0.2) is 77.5 Å². The van der Waals surface area contributed by atoms with Crippen LogP contribution in [0.3, 0.4) is 0 Å². The van der Waals surface area contributed by atoms with Crippen LogP contribution in [-0.4, -0.2) is 28.6 Å². The van der Waals surface area contributed by atoms with Gasteiger partial charge in [0, 0.05) is 23.5 Å². The van der Waals surface area contributed by atoms with Crippen LogP contribution in [0.4, 0.5) is 4.39 Å². The topological polar surface area (TPSA) is 87.3 Å². The van der Waals surface area contributed by atoms with Crippen LogP contribution in [0.1, 0.15) is 21.6 Å². The number of hydrogen-bond acceptors (Lipinski definition) is 6. The van der Waals surface area contributed by atoms with Crippen LogP contribution in [-0.2, 0) is 17.8 Å². The molecule has 2 aromatic carbocycles. The molecule has 184 valence electrons. The lowest BCUT2D eigenvalue weighted by Gasteiger charge is -2.17. The number of hydrogen-bond donors (Lipinski definition) is 1. The molecule has 0 aliphatic rings. The molecule has 35 heavy (non-hydrogen) atoms. The fourth-order valence-electron chi connectivity index (χ4n) is 3.37. The Kier molecular flexibility index (Phi) is 10.9. The predicted octanol–water partition coefficient (Wildman–Crippen LogP) is 5.68. The monoisotopic (exact) mass is 581 g/mol. The molecule has 2 aromatic heterocycles. The number of ether oxygens (including phenoxy) is 2. The highest BCUT2D eigenvalue weighted by Gasteiger charge is 2.20. The second-order valence-corrected chi connectivity index (χ2v) is 8.26. The third-order valence-electron chi connectivity index (χ3n) is 4.91. The van der Waals surface area contributed by atoms with E-state index in [9.17, 15) is 9.18 Å². The second-order valence-electron chi connectivity index (χ2n) is 7.45. The van der Waals surface area contributed by atoms with Gasteiger partial charge in [0.25, 0.3) is 0 Å². The van der Waals surface area contributed by atoms with Gasteiger partial charge in [0.05, 0.1) is 11.7 Å². The molecule has 0 fully saturated rings. The van der Waals surface area contributed by atoms with Crippen LogP contribution in [0, 0.1) is 5.82 Å². The Labute approximate surface area is 223 Å². The standard InChI is InChI=1S/C25H21BrFN3O3.2ClH/c26-23-8-4-7-19(30-23)12-18(28)15-32-22-10-9-21-20(11-17(27)13-29-21)24(22)25(31)33-14-16-5-2-1-3-6-16;;/h1-11,13,18H,12,14-15,28H2;2*1H/t18-;;/m1../s1. The van der Waals surface area contributed by atoms with Crippen molar-refractivity contribution in [1.82, 2.24) is 9.97 Å². The summed E-state index contributed by atoms with van der Waals surface area (Å²) in [5, 5.41) is 0.313. The first-order chi connectivity index (χ1) is 16.0. The maximum atomic E-state index is 14.0. The minimum Gasteiger partial charge on any atom is -0.491 e. The van der Waals surface area contributed by atoms with E-state index in [0.717, 1.165) is 22.1 Å². The Bertz CT molecular complexity index is 1280. The Balaban J connectivity index is 0.00000216. The van der Waals surface area contributed by atoms with Crippen molar-refractivity contribution in [1.29, 1.82) is 0 Å². The van der Waals surface area contributed by atoms with E-state index in [2.05, 4.69) is 25.9 Å². The van der Waals surface area contributed by atoms with E-state index in [1.807, 2.05) is 48.5 Å². The highest BCUT2D eigenvalue weighted by molar-refractivity contribution is 9.10. The normalized spacial score (nSPS) is 11.2. The smallest absolute Gasteiger partial charge is 0.342 e. The molecule has 0 spiro atoms. The van der Waals surface area contributed by atoms with Crippen LogP contribution < -0.4 is 10.5 Å². The van der Waals surface area contributed by atoms with Gasteiger partial charge < -0.3 is 15.2 Å². The molecular formula is C25H23BrCl2FN3O3. The van der Waals surface area contributed by atoms with Crippen molar-refractivity contribution in [3.05, 3.63) is 100 Å². The molecule has 1 atom stereocenters. The van der Waals surface area contributed by atoms with Crippen molar-refractivity contribution in [3.63, 3.8) is 0 Å². The fraction of sp³-hybridized carbons (Fsp3) is 0.160. The number of halogens is 4. The third kappa shape index (κ3) is 7.60. The average molecular weight is 583 g/mol. The van der Waals surface area contributed by atoms with Gasteiger partial charge in [-0.15, -0.1) is 24.8 Å². The van der Waals surface area contributed by atoms with Crippen molar-refractivity contribution in [2.75, 3.05) is 6.61 Å². The van der Waals surface area contributed by atoms with Crippen molar-refractivity contribution in [3.8, 4) is 5.75 Å². The van der Waals surface area contributed by atoms with Gasteiger partial charge in [0.1, 0.15) is 34.9 Å².